The number of fused-ring (bicyclic) bond motifs is 2. The molecule has 8 nitrogen and oxygen atoms in total. The van der Waals surface area contributed by atoms with Gasteiger partial charge in [-0.15, -0.1) is 10.2 Å². The highest BCUT2D eigenvalue weighted by Crippen LogP contribution is 2.36. The van der Waals surface area contributed by atoms with Crippen LogP contribution in [0.2, 0.25) is 0 Å². The fraction of sp³-hybridized carbons (Fsp3) is 0. The summed E-state index contributed by atoms with van der Waals surface area (Å²) >= 11 is 0. The molecule has 0 radical (unpaired) electrons. The fourth-order valence-electron chi connectivity index (χ4n) is 3.27. The molecule has 0 saturated carbocycles. The Labute approximate surface area is 172 Å². The monoisotopic (exact) mass is 442 g/mol. The number of rotatable bonds is 4. The molecule has 4 aromatic rings. The average molecular weight is 442 g/mol. The average Bonchev–Trinajstić information content (AvgIpc) is 2.69. The first-order chi connectivity index (χ1) is 14.2. The number of nitrogens with zero attached hydrogens (tertiary/aromatic N) is 2. The van der Waals surface area contributed by atoms with Crippen LogP contribution in [-0.2, 0) is 20.2 Å². The summed E-state index contributed by atoms with van der Waals surface area (Å²) in [5.41, 5.74) is -0.351. The lowest BCUT2D eigenvalue weighted by Crippen LogP contribution is -2.00. The zero-order chi connectivity index (χ0) is 21.5. The molecule has 152 valence electrons. The van der Waals surface area contributed by atoms with E-state index in [9.17, 15) is 25.9 Å². The highest BCUT2D eigenvalue weighted by atomic mass is 32.2. The molecule has 0 heterocycles. The van der Waals surface area contributed by atoms with Crippen LogP contribution < -0.4 is 0 Å². The van der Waals surface area contributed by atoms with Gasteiger partial charge in [-0.3, -0.25) is 9.11 Å². The molecule has 4 aromatic carbocycles. The molecule has 0 fully saturated rings. The van der Waals surface area contributed by atoms with E-state index in [1.807, 2.05) is 0 Å². The number of hydrogen-bond acceptors (Lipinski definition) is 6. The maximum atomic E-state index is 12.0. The molecule has 0 aliphatic heterocycles. The van der Waals surface area contributed by atoms with E-state index in [0.29, 0.717) is 10.8 Å². The minimum absolute atomic E-state index is 0.175. The predicted molar refractivity (Wildman–Crippen MR) is 112 cm³/mol. The molecule has 0 bridgehead atoms. The number of azo groups is 1. The molecule has 0 atom stereocenters. The number of hydrogen-bond donors (Lipinski definition) is 2. The van der Waals surface area contributed by atoms with Crippen molar-refractivity contribution in [3.8, 4) is 0 Å². The second-order valence-corrected chi connectivity index (χ2v) is 9.14. The summed E-state index contributed by atoms with van der Waals surface area (Å²) in [6.45, 7) is 0. The summed E-state index contributed by atoms with van der Waals surface area (Å²) in [6.07, 6.45) is 0. The predicted octanol–water partition coefficient (Wildman–Crippen LogP) is 4.90. The SMILES string of the molecule is O=S(=O)(O)c1c(N=Nc2ccc3ccccc3c2S(=O)(=O)O)ccc2ccccc12. The van der Waals surface area contributed by atoms with E-state index in [1.165, 1.54) is 24.3 Å². The standard InChI is InChI=1S/C20H14N2O6S2/c23-29(24,25)19-15-7-3-1-5-13(15)9-11-17(19)21-22-18-12-10-14-6-2-4-8-16(14)20(18)30(26,27)28/h1-12H,(H,23,24,25)(H,26,27,28). The van der Waals surface area contributed by atoms with Crippen molar-refractivity contribution in [3.63, 3.8) is 0 Å². The second kappa shape index (κ2) is 7.26. The Morgan fingerprint density at radius 2 is 0.900 bits per heavy atom. The van der Waals surface area contributed by atoms with E-state index in [4.69, 9.17) is 0 Å². The number of benzene rings is 4. The smallest absolute Gasteiger partial charge is 0.282 e. The quantitative estimate of drug-likeness (QED) is 0.341. The molecule has 30 heavy (non-hydrogen) atoms. The summed E-state index contributed by atoms with van der Waals surface area (Å²) in [7, 11) is -9.32. The molecule has 4 rings (SSSR count). The van der Waals surface area contributed by atoms with Gasteiger partial charge >= 0.3 is 0 Å². The first-order valence-electron chi connectivity index (χ1n) is 8.56. The van der Waals surface area contributed by atoms with Gasteiger partial charge in [0.2, 0.25) is 0 Å². The molecule has 2 N–H and O–H groups in total. The minimum Gasteiger partial charge on any atom is -0.282 e. The van der Waals surface area contributed by atoms with Crippen molar-refractivity contribution in [1.29, 1.82) is 0 Å². The topological polar surface area (TPSA) is 133 Å². The molecule has 10 heteroatoms. The molecule has 0 aromatic heterocycles. The van der Waals surface area contributed by atoms with Gasteiger partial charge in [0.25, 0.3) is 20.2 Å². The first kappa shape index (κ1) is 20.1. The van der Waals surface area contributed by atoms with E-state index in [-0.39, 0.29) is 22.1 Å². The molecule has 0 unspecified atom stereocenters. The zero-order valence-corrected chi connectivity index (χ0v) is 16.8. The lowest BCUT2D eigenvalue weighted by Gasteiger charge is -2.08. The molecule has 0 aliphatic carbocycles. The van der Waals surface area contributed by atoms with E-state index >= 15 is 0 Å². The van der Waals surface area contributed by atoms with Crippen molar-refractivity contribution in [3.05, 3.63) is 72.8 Å². The van der Waals surface area contributed by atoms with Crippen LogP contribution in [0, 0.1) is 0 Å². The van der Waals surface area contributed by atoms with Gasteiger partial charge < -0.3 is 0 Å². The van der Waals surface area contributed by atoms with E-state index in [2.05, 4.69) is 10.2 Å². The summed E-state index contributed by atoms with van der Waals surface area (Å²) in [5, 5.41) is 9.38. The van der Waals surface area contributed by atoms with Crippen LogP contribution in [0.4, 0.5) is 11.4 Å². The van der Waals surface area contributed by atoms with Gasteiger partial charge in [-0.1, -0.05) is 60.7 Å². The highest BCUT2D eigenvalue weighted by molar-refractivity contribution is 7.86. The normalized spacial score (nSPS) is 12.7. The maximum Gasteiger partial charge on any atom is 0.297 e. The van der Waals surface area contributed by atoms with Crippen LogP contribution in [-0.4, -0.2) is 25.9 Å². The molecule has 0 aliphatic rings. The third kappa shape index (κ3) is 3.68. The lowest BCUT2D eigenvalue weighted by molar-refractivity contribution is 0.481. The van der Waals surface area contributed by atoms with E-state index < -0.39 is 30.0 Å². The van der Waals surface area contributed by atoms with Crippen LogP contribution >= 0.6 is 0 Å². The largest absolute Gasteiger partial charge is 0.297 e. The van der Waals surface area contributed by atoms with Gasteiger partial charge in [0, 0.05) is 10.8 Å². The van der Waals surface area contributed by atoms with Gasteiger partial charge in [0.05, 0.1) is 0 Å². The summed E-state index contributed by atoms with van der Waals surface area (Å²) < 4.78 is 67.4. The third-order valence-electron chi connectivity index (χ3n) is 4.50. The Morgan fingerprint density at radius 1 is 0.533 bits per heavy atom. The van der Waals surface area contributed by atoms with E-state index in [1.54, 1.807) is 48.5 Å². The van der Waals surface area contributed by atoms with Crippen molar-refractivity contribution < 1.29 is 25.9 Å². The van der Waals surface area contributed by atoms with Crippen LogP contribution in [0.25, 0.3) is 21.5 Å². The lowest BCUT2D eigenvalue weighted by atomic mass is 10.1. The van der Waals surface area contributed by atoms with Gasteiger partial charge in [-0.05, 0) is 22.9 Å². The van der Waals surface area contributed by atoms with Crippen molar-refractivity contribution in [2.24, 2.45) is 10.2 Å². The van der Waals surface area contributed by atoms with Crippen LogP contribution in [0.15, 0.2) is 92.8 Å². The summed E-state index contributed by atoms with van der Waals surface area (Å²) in [6, 6.07) is 18.9. The maximum absolute atomic E-state index is 12.0. The van der Waals surface area contributed by atoms with Crippen LogP contribution in [0.1, 0.15) is 0 Å². The molecule has 0 saturated heterocycles. The first-order valence-corrected chi connectivity index (χ1v) is 11.4. The third-order valence-corrected chi connectivity index (χ3v) is 6.39. The Balaban J connectivity index is 1.96. The van der Waals surface area contributed by atoms with Crippen molar-refractivity contribution in [1.82, 2.24) is 0 Å². The Kier molecular flexibility index (Phi) is 4.86. The van der Waals surface area contributed by atoms with Gasteiger partial charge in [-0.2, -0.15) is 16.8 Å². The second-order valence-electron chi connectivity index (χ2n) is 6.42. The van der Waals surface area contributed by atoms with Gasteiger partial charge in [0.1, 0.15) is 21.2 Å². The molecular formula is C20H14N2O6S2. The summed E-state index contributed by atoms with van der Waals surface area (Å²) in [5.74, 6) is 0. The highest BCUT2D eigenvalue weighted by Gasteiger charge is 2.22. The Morgan fingerprint density at radius 3 is 1.27 bits per heavy atom. The van der Waals surface area contributed by atoms with Gasteiger partial charge in [0.15, 0.2) is 0 Å². The van der Waals surface area contributed by atoms with Gasteiger partial charge in [-0.25, -0.2) is 0 Å². The van der Waals surface area contributed by atoms with Crippen LogP contribution in [0.3, 0.4) is 0 Å². The van der Waals surface area contributed by atoms with Crippen molar-refractivity contribution in [2.75, 3.05) is 0 Å². The Bertz CT molecular complexity index is 1430. The van der Waals surface area contributed by atoms with E-state index in [0.717, 1.165) is 0 Å². The molecule has 0 amide bonds. The Hall–Kier alpha value is -3.18. The molecular weight excluding hydrogens is 428 g/mol. The minimum atomic E-state index is -4.66. The van der Waals surface area contributed by atoms with Crippen molar-refractivity contribution >= 4 is 53.2 Å². The fourth-order valence-corrected chi connectivity index (χ4v) is 4.94. The zero-order valence-electron chi connectivity index (χ0n) is 15.2. The summed E-state index contributed by atoms with van der Waals surface area (Å²) in [4.78, 5) is -0.892. The molecule has 0 spiro atoms. The van der Waals surface area contributed by atoms with Crippen molar-refractivity contribution in [2.45, 2.75) is 9.79 Å². The van der Waals surface area contributed by atoms with Crippen LogP contribution in [0.5, 0.6) is 0 Å².